The highest BCUT2D eigenvalue weighted by molar-refractivity contribution is 5.96. The number of carbonyl (C=O) groups excluding carboxylic acids is 1. The first-order valence-corrected chi connectivity index (χ1v) is 6.36. The van der Waals surface area contributed by atoms with E-state index in [0.717, 1.165) is 24.4 Å². The first-order chi connectivity index (χ1) is 9.47. The van der Waals surface area contributed by atoms with Crippen molar-refractivity contribution in [2.75, 3.05) is 25.1 Å². The Morgan fingerprint density at radius 3 is 2.50 bits per heavy atom. The van der Waals surface area contributed by atoms with Gasteiger partial charge in [0, 0.05) is 31.3 Å². The van der Waals surface area contributed by atoms with Crippen molar-refractivity contribution >= 4 is 23.3 Å². The number of hydrogen-bond acceptors (Lipinski definition) is 4. The summed E-state index contributed by atoms with van der Waals surface area (Å²) in [6.45, 7) is 2.52. The van der Waals surface area contributed by atoms with Crippen molar-refractivity contribution in [2.24, 2.45) is 5.10 Å². The van der Waals surface area contributed by atoms with Crippen LogP contribution < -0.4 is 5.01 Å². The maximum Gasteiger partial charge on any atom is 0.323 e. The van der Waals surface area contributed by atoms with Gasteiger partial charge in [0.2, 0.25) is 0 Å². The summed E-state index contributed by atoms with van der Waals surface area (Å²) in [6.07, 6.45) is 0.946. The van der Waals surface area contributed by atoms with Crippen LogP contribution in [0.5, 0.6) is 0 Å². The topological polar surface area (TPSA) is 73.2 Å². The quantitative estimate of drug-likeness (QED) is 0.902. The SMILES string of the molecule is CC1=NN(c2ccc(C(=O)N(C)CC(=O)O)cc2)CC1. The summed E-state index contributed by atoms with van der Waals surface area (Å²) in [5.41, 5.74) is 2.49. The van der Waals surface area contributed by atoms with E-state index < -0.39 is 5.97 Å². The van der Waals surface area contributed by atoms with Gasteiger partial charge in [-0.2, -0.15) is 5.10 Å². The van der Waals surface area contributed by atoms with E-state index in [1.54, 1.807) is 12.1 Å². The predicted octanol–water partition coefficient (Wildman–Crippen LogP) is 1.43. The first-order valence-electron chi connectivity index (χ1n) is 6.36. The van der Waals surface area contributed by atoms with E-state index in [2.05, 4.69) is 5.10 Å². The van der Waals surface area contributed by atoms with Gasteiger partial charge in [-0.05, 0) is 31.2 Å². The van der Waals surface area contributed by atoms with Gasteiger partial charge in [-0.1, -0.05) is 0 Å². The Balaban J connectivity index is 2.08. The van der Waals surface area contributed by atoms with Crippen LogP contribution in [0.1, 0.15) is 23.7 Å². The van der Waals surface area contributed by atoms with Crippen molar-refractivity contribution in [1.29, 1.82) is 0 Å². The van der Waals surface area contributed by atoms with Crippen molar-refractivity contribution < 1.29 is 14.7 Å². The molecule has 0 unspecified atom stereocenters. The number of amides is 1. The summed E-state index contributed by atoms with van der Waals surface area (Å²) in [6, 6.07) is 7.03. The summed E-state index contributed by atoms with van der Waals surface area (Å²) < 4.78 is 0. The van der Waals surface area contributed by atoms with Gasteiger partial charge in [-0.15, -0.1) is 0 Å². The number of carboxylic acid groups (broad SMARTS) is 1. The lowest BCUT2D eigenvalue weighted by atomic mass is 10.2. The van der Waals surface area contributed by atoms with E-state index >= 15 is 0 Å². The maximum absolute atomic E-state index is 12.0. The second-order valence-electron chi connectivity index (χ2n) is 4.81. The molecule has 106 valence electrons. The van der Waals surface area contributed by atoms with E-state index in [0.29, 0.717) is 5.56 Å². The highest BCUT2D eigenvalue weighted by atomic mass is 16.4. The zero-order valence-electron chi connectivity index (χ0n) is 11.5. The number of likely N-dealkylation sites (N-methyl/N-ethyl adjacent to an activating group) is 1. The zero-order chi connectivity index (χ0) is 14.7. The smallest absolute Gasteiger partial charge is 0.323 e. The standard InChI is InChI=1S/C14H17N3O3/c1-10-7-8-17(15-10)12-5-3-11(4-6-12)14(20)16(2)9-13(18)19/h3-6H,7-9H2,1-2H3,(H,18,19). The molecule has 1 aliphatic heterocycles. The van der Waals surface area contributed by atoms with E-state index in [1.807, 2.05) is 24.1 Å². The molecule has 20 heavy (non-hydrogen) atoms. The van der Waals surface area contributed by atoms with Crippen molar-refractivity contribution in [3.8, 4) is 0 Å². The second-order valence-corrected chi connectivity index (χ2v) is 4.81. The Morgan fingerprint density at radius 1 is 1.35 bits per heavy atom. The number of carboxylic acids is 1. The fourth-order valence-corrected chi connectivity index (χ4v) is 2.03. The van der Waals surface area contributed by atoms with Gasteiger partial charge < -0.3 is 10.0 Å². The van der Waals surface area contributed by atoms with Crippen LogP contribution in [0.15, 0.2) is 29.4 Å². The largest absolute Gasteiger partial charge is 0.480 e. The van der Waals surface area contributed by atoms with Crippen LogP contribution in [0.25, 0.3) is 0 Å². The highest BCUT2D eigenvalue weighted by Gasteiger charge is 2.16. The molecule has 0 aliphatic carbocycles. The molecular weight excluding hydrogens is 258 g/mol. The van der Waals surface area contributed by atoms with E-state index in [1.165, 1.54) is 11.9 Å². The summed E-state index contributed by atoms with van der Waals surface area (Å²) >= 11 is 0. The number of rotatable bonds is 4. The Kier molecular flexibility index (Phi) is 4.02. The van der Waals surface area contributed by atoms with Crippen LogP contribution in [-0.2, 0) is 4.79 Å². The molecule has 0 saturated heterocycles. The molecule has 6 nitrogen and oxygen atoms in total. The molecule has 0 atom stereocenters. The third-order valence-corrected chi connectivity index (χ3v) is 3.11. The third kappa shape index (κ3) is 3.14. The monoisotopic (exact) mass is 275 g/mol. The van der Waals surface area contributed by atoms with Crippen LogP contribution in [0, 0.1) is 0 Å². The van der Waals surface area contributed by atoms with Crippen LogP contribution in [0.4, 0.5) is 5.69 Å². The average molecular weight is 275 g/mol. The molecule has 1 amide bonds. The van der Waals surface area contributed by atoms with E-state index in [-0.39, 0.29) is 12.5 Å². The number of carbonyl (C=O) groups is 2. The fourth-order valence-electron chi connectivity index (χ4n) is 2.03. The van der Waals surface area contributed by atoms with Crippen LogP contribution in [-0.4, -0.2) is 47.7 Å². The van der Waals surface area contributed by atoms with E-state index in [9.17, 15) is 9.59 Å². The van der Waals surface area contributed by atoms with E-state index in [4.69, 9.17) is 5.11 Å². The Hall–Kier alpha value is -2.37. The molecule has 2 rings (SSSR count). The predicted molar refractivity (Wildman–Crippen MR) is 76.1 cm³/mol. The third-order valence-electron chi connectivity index (χ3n) is 3.11. The van der Waals surface area contributed by atoms with Gasteiger partial charge in [-0.25, -0.2) is 0 Å². The van der Waals surface area contributed by atoms with Crippen molar-refractivity contribution in [3.05, 3.63) is 29.8 Å². The fraction of sp³-hybridized carbons (Fsp3) is 0.357. The lowest BCUT2D eigenvalue weighted by Gasteiger charge is -2.16. The Labute approximate surface area is 117 Å². The molecule has 1 heterocycles. The summed E-state index contributed by atoms with van der Waals surface area (Å²) in [7, 11) is 1.47. The number of hydrazone groups is 1. The van der Waals surface area contributed by atoms with Gasteiger partial charge in [-0.3, -0.25) is 14.6 Å². The van der Waals surface area contributed by atoms with Gasteiger partial charge in [0.1, 0.15) is 6.54 Å². The molecule has 1 aromatic carbocycles. The molecule has 0 spiro atoms. The summed E-state index contributed by atoms with van der Waals surface area (Å²) in [5.74, 6) is -1.33. The van der Waals surface area contributed by atoms with Crippen molar-refractivity contribution in [2.45, 2.75) is 13.3 Å². The second kappa shape index (κ2) is 5.73. The number of benzene rings is 1. The lowest BCUT2D eigenvalue weighted by Crippen LogP contribution is -2.31. The van der Waals surface area contributed by atoms with Gasteiger partial charge in [0.05, 0.1) is 5.69 Å². The van der Waals surface area contributed by atoms with Crippen molar-refractivity contribution in [3.63, 3.8) is 0 Å². The van der Waals surface area contributed by atoms with Crippen LogP contribution >= 0.6 is 0 Å². The number of hydrogen-bond donors (Lipinski definition) is 1. The minimum atomic E-state index is -1.03. The van der Waals surface area contributed by atoms with Crippen molar-refractivity contribution in [1.82, 2.24) is 4.90 Å². The molecule has 1 aliphatic rings. The summed E-state index contributed by atoms with van der Waals surface area (Å²) in [5, 5.41) is 15.0. The number of aliphatic carboxylic acids is 1. The summed E-state index contributed by atoms with van der Waals surface area (Å²) in [4.78, 5) is 23.8. The molecule has 1 aromatic rings. The minimum absolute atomic E-state index is 0.306. The first kappa shape index (κ1) is 14.0. The van der Waals surface area contributed by atoms with Crippen LogP contribution in [0.2, 0.25) is 0 Å². The molecule has 6 heteroatoms. The molecule has 0 saturated carbocycles. The van der Waals surface area contributed by atoms with Crippen LogP contribution in [0.3, 0.4) is 0 Å². The van der Waals surface area contributed by atoms with Gasteiger partial charge in [0.25, 0.3) is 5.91 Å². The number of nitrogens with zero attached hydrogens (tertiary/aromatic N) is 3. The molecular formula is C14H17N3O3. The average Bonchev–Trinajstić information content (AvgIpc) is 2.84. The molecule has 0 bridgehead atoms. The van der Waals surface area contributed by atoms with Gasteiger partial charge >= 0.3 is 5.97 Å². The Bertz CT molecular complexity index is 551. The molecule has 1 N–H and O–H groups in total. The van der Waals surface area contributed by atoms with Gasteiger partial charge in [0.15, 0.2) is 0 Å². The maximum atomic E-state index is 12.0. The highest BCUT2D eigenvalue weighted by Crippen LogP contribution is 2.20. The lowest BCUT2D eigenvalue weighted by molar-refractivity contribution is -0.137. The zero-order valence-corrected chi connectivity index (χ0v) is 11.5. The molecule has 0 aromatic heterocycles. The molecule has 0 radical (unpaired) electrons. The number of anilines is 1. The normalized spacial score (nSPS) is 14.1. The Morgan fingerprint density at radius 2 is 2.00 bits per heavy atom. The molecule has 0 fully saturated rings. The minimum Gasteiger partial charge on any atom is -0.480 e.